The van der Waals surface area contributed by atoms with Crippen molar-refractivity contribution >= 4 is 5.83 Å². The van der Waals surface area contributed by atoms with Gasteiger partial charge in [-0.25, -0.2) is 8.78 Å². The largest absolute Gasteiger partial charge is 0.417 e. The number of nitrogens with two attached hydrogens (primary N) is 1. The quantitative estimate of drug-likeness (QED) is 0.566. The molecule has 1 unspecified atom stereocenters. The minimum absolute atomic E-state index is 0.112. The molecule has 0 spiro atoms. The Balaban J connectivity index is 2.41. The van der Waals surface area contributed by atoms with Gasteiger partial charge in [0.25, 0.3) is 0 Å². The Morgan fingerprint density at radius 1 is 1.19 bits per heavy atom. The molecule has 0 aliphatic carbocycles. The van der Waals surface area contributed by atoms with Crippen molar-refractivity contribution in [1.29, 1.82) is 0 Å². The normalized spacial score (nSPS) is 14.8. The molecule has 2 rings (SSSR count). The van der Waals surface area contributed by atoms with Crippen LogP contribution in [0.2, 0.25) is 0 Å². The lowest BCUT2D eigenvalue weighted by Crippen LogP contribution is -2.51. The average Bonchev–Trinajstić information content (AvgIpc) is 2.86. The van der Waals surface area contributed by atoms with Crippen LogP contribution < -0.4 is 5.84 Å². The lowest BCUT2D eigenvalue weighted by molar-refractivity contribution is -0.266. The van der Waals surface area contributed by atoms with Crippen LogP contribution in [0.3, 0.4) is 0 Å². The monoisotopic (exact) mass is 388 g/mol. The Morgan fingerprint density at radius 3 is 2.30 bits per heavy atom. The molecule has 1 aromatic carbocycles. The summed E-state index contributed by atoms with van der Waals surface area (Å²) in [5, 5.41) is 10.5. The van der Waals surface area contributed by atoms with E-state index in [4.69, 9.17) is 5.84 Å². The van der Waals surface area contributed by atoms with Crippen molar-refractivity contribution in [3.63, 3.8) is 0 Å². The number of aromatic nitrogens is 1. The number of nitrogen functional groups attached to an aromatic ring is 1. The maximum absolute atomic E-state index is 13.7. The molecular weight excluding hydrogens is 367 g/mol. The van der Waals surface area contributed by atoms with Crippen molar-refractivity contribution in [1.82, 2.24) is 4.68 Å². The van der Waals surface area contributed by atoms with Crippen LogP contribution in [-0.4, -0.2) is 21.6 Å². The van der Waals surface area contributed by atoms with Gasteiger partial charge in [-0.2, -0.15) is 13.2 Å². The first-order chi connectivity index (χ1) is 12.3. The molecule has 0 bridgehead atoms. The van der Waals surface area contributed by atoms with Crippen molar-refractivity contribution in [2.24, 2.45) is 0 Å². The van der Waals surface area contributed by atoms with Gasteiger partial charge < -0.3 is 10.9 Å². The molecule has 0 fully saturated rings. The van der Waals surface area contributed by atoms with Crippen molar-refractivity contribution in [2.45, 2.75) is 43.9 Å². The van der Waals surface area contributed by atoms with Gasteiger partial charge in [-0.1, -0.05) is 32.6 Å². The van der Waals surface area contributed by atoms with Crippen LogP contribution in [0.5, 0.6) is 0 Å². The van der Waals surface area contributed by atoms with Crippen LogP contribution in [0.1, 0.15) is 37.2 Å². The second kappa shape index (κ2) is 6.99. The van der Waals surface area contributed by atoms with Crippen molar-refractivity contribution < 1.29 is 27.1 Å². The Morgan fingerprint density at radius 2 is 1.81 bits per heavy atom. The molecule has 148 valence electrons. The van der Waals surface area contributed by atoms with Gasteiger partial charge in [0, 0.05) is 12.1 Å². The summed E-state index contributed by atoms with van der Waals surface area (Å²) in [5.41, 5.74) is -4.35. The van der Waals surface area contributed by atoms with Crippen LogP contribution in [0.25, 0.3) is 5.83 Å². The number of nitrogens with zero attached hydrogens (tertiary/aromatic N) is 1. The highest BCUT2D eigenvalue weighted by Gasteiger charge is 2.56. The first kappa shape index (κ1) is 21.0. The second-order valence-electron chi connectivity index (χ2n) is 7.26. The van der Waals surface area contributed by atoms with Gasteiger partial charge in [-0.3, -0.25) is 4.68 Å². The third-order valence-electron chi connectivity index (χ3n) is 4.62. The molecular formula is C19H21F5N2O. The lowest BCUT2D eigenvalue weighted by Gasteiger charge is -2.38. The average molecular weight is 388 g/mol. The summed E-state index contributed by atoms with van der Waals surface area (Å²) in [6, 6.07) is 7.59. The summed E-state index contributed by atoms with van der Waals surface area (Å²) in [6.45, 7) is 6.03. The molecule has 3 nitrogen and oxygen atoms in total. The van der Waals surface area contributed by atoms with Gasteiger partial charge in [-0.05, 0) is 41.7 Å². The van der Waals surface area contributed by atoms with E-state index in [1.165, 1.54) is 44.2 Å². The summed E-state index contributed by atoms with van der Waals surface area (Å²) in [4.78, 5) is 0. The second-order valence-corrected chi connectivity index (χ2v) is 7.26. The SMILES string of the molecule is C=C(F)c1ccc(CC(O)(CC(C)(C)c2cccc(F)c2)C(F)(F)F)n1N. The molecule has 0 aliphatic heterocycles. The summed E-state index contributed by atoms with van der Waals surface area (Å²) in [6.07, 6.45) is -6.63. The third kappa shape index (κ3) is 4.32. The van der Waals surface area contributed by atoms with E-state index in [2.05, 4.69) is 6.58 Å². The first-order valence-corrected chi connectivity index (χ1v) is 8.12. The molecule has 3 N–H and O–H groups in total. The fourth-order valence-corrected chi connectivity index (χ4v) is 3.16. The van der Waals surface area contributed by atoms with Crippen LogP contribution in [-0.2, 0) is 11.8 Å². The summed E-state index contributed by atoms with van der Waals surface area (Å²) in [5.74, 6) is 4.15. The maximum Gasteiger partial charge on any atom is 0.417 e. The molecule has 0 aliphatic rings. The highest BCUT2D eigenvalue weighted by atomic mass is 19.4. The van der Waals surface area contributed by atoms with E-state index in [9.17, 15) is 27.1 Å². The Bertz CT molecular complexity index is 841. The molecule has 0 saturated carbocycles. The van der Waals surface area contributed by atoms with E-state index in [1.807, 2.05) is 0 Å². The maximum atomic E-state index is 13.7. The number of alkyl halides is 3. The molecule has 8 heteroatoms. The van der Waals surface area contributed by atoms with Crippen LogP contribution in [0.4, 0.5) is 22.0 Å². The predicted octanol–water partition coefficient (Wildman–Crippen LogP) is 4.49. The van der Waals surface area contributed by atoms with Crippen LogP contribution in [0.15, 0.2) is 43.0 Å². The van der Waals surface area contributed by atoms with Crippen LogP contribution >= 0.6 is 0 Å². The smallest absolute Gasteiger partial charge is 0.380 e. The minimum atomic E-state index is -4.99. The predicted molar refractivity (Wildman–Crippen MR) is 93.5 cm³/mol. The van der Waals surface area contributed by atoms with Gasteiger partial charge >= 0.3 is 6.18 Å². The van der Waals surface area contributed by atoms with Gasteiger partial charge in [-0.15, -0.1) is 0 Å². The number of hydrogen-bond donors (Lipinski definition) is 2. The molecule has 2 aromatic rings. The van der Waals surface area contributed by atoms with E-state index in [1.54, 1.807) is 0 Å². The highest BCUT2D eigenvalue weighted by molar-refractivity contribution is 5.54. The molecule has 0 saturated heterocycles. The fourth-order valence-electron chi connectivity index (χ4n) is 3.16. The van der Waals surface area contributed by atoms with Gasteiger partial charge in [0.15, 0.2) is 5.60 Å². The standard InChI is InChI=1S/C19H21F5N2O/c1-12(20)16-8-7-15(26(16)25)10-18(27,19(22,23)24)11-17(2,3)13-5-4-6-14(21)9-13/h4-9,27H,1,10-11,25H2,2-3H3. The molecule has 0 amide bonds. The zero-order chi connectivity index (χ0) is 20.6. The Labute approximate surface area is 153 Å². The van der Waals surface area contributed by atoms with E-state index in [0.717, 1.165) is 10.7 Å². The van der Waals surface area contributed by atoms with E-state index in [0.29, 0.717) is 5.56 Å². The molecule has 1 atom stereocenters. The summed E-state index contributed by atoms with van der Waals surface area (Å²) < 4.78 is 68.8. The van der Waals surface area contributed by atoms with Crippen molar-refractivity contribution in [2.75, 3.05) is 5.84 Å². The van der Waals surface area contributed by atoms with Gasteiger partial charge in [0.1, 0.15) is 11.6 Å². The zero-order valence-corrected chi connectivity index (χ0v) is 14.9. The Kier molecular flexibility index (Phi) is 5.43. The number of benzene rings is 1. The first-order valence-electron chi connectivity index (χ1n) is 8.12. The van der Waals surface area contributed by atoms with Crippen molar-refractivity contribution in [3.05, 3.63) is 65.7 Å². The Hall–Kier alpha value is -2.35. The lowest BCUT2D eigenvalue weighted by atomic mass is 9.73. The molecule has 27 heavy (non-hydrogen) atoms. The summed E-state index contributed by atoms with van der Waals surface area (Å²) in [7, 11) is 0. The summed E-state index contributed by atoms with van der Waals surface area (Å²) >= 11 is 0. The molecule has 1 heterocycles. The highest BCUT2D eigenvalue weighted by Crippen LogP contribution is 2.43. The molecule has 0 radical (unpaired) electrons. The van der Waals surface area contributed by atoms with Gasteiger partial charge in [0.05, 0.1) is 5.69 Å². The number of hydrogen-bond acceptors (Lipinski definition) is 2. The molecule has 1 aromatic heterocycles. The van der Waals surface area contributed by atoms with E-state index < -0.39 is 41.7 Å². The van der Waals surface area contributed by atoms with Crippen LogP contribution in [0, 0.1) is 5.82 Å². The fraction of sp³-hybridized carbons (Fsp3) is 0.368. The zero-order valence-electron chi connectivity index (χ0n) is 14.9. The third-order valence-corrected chi connectivity index (χ3v) is 4.62. The van der Waals surface area contributed by atoms with Gasteiger partial charge in [0.2, 0.25) is 0 Å². The van der Waals surface area contributed by atoms with Crippen molar-refractivity contribution in [3.8, 4) is 0 Å². The van der Waals surface area contributed by atoms with E-state index >= 15 is 0 Å². The minimum Gasteiger partial charge on any atom is -0.380 e. The number of aliphatic hydroxyl groups is 1. The van der Waals surface area contributed by atoms with E-state index in [-0.39, 0.29) is 11.4 Å². The number of halogens is 5. The topological polar surface area (TPSA) is 51.2 Å². The number of rotatable bonds is 6.